The minimum atomic E-state index is 0.128. The molecular formula is C15H18ClNO. The molecule has 0 radical (unpaired) electrons. The molecule has 1 amide bonds. The molecule has 3 atom stereocenters. The first-order valence-corrected chi connectivity index (χ1v) is 7.16. The Bertz CT molecular complexity index is 429. The SMILES string of the molecule is O=C(NCC(Cl)C1CC1)C1CC1c1ccccc1. The van der Waals surface area contributed by atoms with E-state index in [1.165, 1.54) is 18.4 Å². The summed E-state index contributed by atoms with van der Waals surface area (Å²) in [6, 6.07) is 10.3. The third-order valence-corrected chi connectivity index (χ3v) is 4.47. The second-order valence-electron chi connectivity index (χ2n) is 5.46. The lowest BCUT2D eigenvalue weighted by molar-refractivity contribution is -0.122. The van der Waals surface area contributed by atoms with Crippen LogP contribution in [-0.4, -0.2) is 17.8 Å². The van der Waals surface area contributed by atoms with Crippen molar-refractivity contribution in [1.29, 1.82) is 0 Å². The first kappa shape index (κ1) is 12.0. The van der Waals surface area contributed by atoms with E-state index in [-0.39, 0.29) is 17.2 Å². The molecule has 2 saturated carbocycles. The molecule has 3 rings (SSSR count). The summed E-state index contributed by atoms with van der Waals surface area (Å²) in [6.45, 7) is 0.628. The Balaban J connectivity index is 1.47. The zero-order valence-corrected chi connectivity index (χ0v) is 11.1. The molecule has 2 aliphatic carbocycles. The molecule has 2 fully saturated rings. The minimum absolute atomic E-state index is 0.128. The molecule has 0 spiro atoms. The van der Waals surface area contributed by atoms with Gasteiger partial charge in [-0.15, -0.1) is 11.6 Å². The molecule has 0 bridgehead atoms. The molecule has 18 heavy (non-hydrogen) atoms. The molecule has 0 aromatic heterocycles. The molecule has 0 saturated heterocycles. The highest BCUT2D eigenvalue weighted by atomic mass is 35.5. The number of carbonyl (C=O) groups is 1. The number of carbonyl (C=O) groups excluding carboxylic acids is 1. The van der Waals surface area contributed by atoms with E-state index in [4.69, 9.17) is 11.6 Å². The Morgan fingerprint density at radius 3 is 2.72 bits per heavy atom. The molecule has 96 valence electrons. The first-order valence-electron chi connectivity index (χ1n) is 6.72. The summed E-state index contributed by atoms with van der Waals surface area (Å²) in [7, 11) is 0. The molecule has 1 aromatic carbocycles. The van der Waals surface area contributed by atoms with Gasteiger partial charge < -0.3 is 5.32 Å². The van der Waals surface area contributed by atoms with Crippen LogP contribution in [0.4, 0.5) is 0 Å². The maximum Gasteiger partial charge on any atom is 0.223 e. The molecule has 3 heteroatoms. The van der Waals surface area contributed by atoms with Gasteiger partial charge in [0.15, 0.2) is 0 Å². The number of hydrogen-bond donors (Lipinski definition) is 1. The number of alkyl halides is 1. The van der Waals surface area contributed by atoms with Gasteiger partial charge >= 0.3 is 0 Å². The summed E-state index contributed by atoms with van der Waals surface area (Å²) in [5.41, 5.74) is 1.28. The zero-order valence-electron chi connectivity index (χ0n) is 10.3. The van der Waals surface area contributed by atoms with Crippen LogP contribution in [0.15, 0.2) is 30.3 Å². The highest BCUT2D eigenvalue weighted by Gasteiger charge is 2.44. The average molecular weight is 264 g/mol. The fraction of sp³-hybridized carbons (Fsp3) is 0.533. The van der Waals surface area contributed by atoms with Crippen molar-refractivity contribution in [1.82, 2.24) is 5.32 Å². The number of amides is 1. The van der Waals surface area contributed by atoms with Gasteiger partial charge in [-0.3, -0.25) is 4.79 Å². The molecule has 2 nitrogen and oxygen atoms in total. The van der Waals surface area contributed by atoms with Gasteiger partial charge in [-0.1, -0.05) is 30.3 Å². The van der Waals surface area contributed by atoms with E-state index in [1.54, 1.807) is 0 Å². The summed E-state index contributed by atoms with van der Waals surface area (Å²) in [5.74, 6) is 1.39. The monoisotopic (exact) mass is 263 g/mol. The van der Waals surface area contributed by atoms with E-state index in [9.17, 15) is 4.79 Å². The lowest BCUT2D eigenvalue weighted by Crippen LogP contribution is -2.32. The van der Waals surface area contributed by atoms with Crippen molar-refractivity contribution in [3.8, 4) is 0 Å². The molecule has 3 unspecified atom stereocenters. The van der Waals surface area contributed by atoms with Crippen molar-refractivity contribution in [3.63, 3.8) is 0 Å². The van der Waals surface area contributed by atoms with Crippen molar-refractivity contribution in [3.05, 3.63) is 35.9 Å². The topological polar surface area (TPSA) is 29.1 Å². The van der Waals surface area contributed by atoms with Crippen molar-refractivity contribution in [2.45, 2.75) is 30.6 Å². The quantitative estimate of drug-likeness (QED) is 0.813. The second-order valence-corrected chi connectivity index (χ2v) is 6.02. The van der Waals surface area contributed by atoms with Crippen LogP contribution in [-0.2, 0) is 4.79 Å². The summed E-state index contributed by atoms with van der Waals surface area (Å²) >= 11 is 6.19. The smallest absolute Gasteiger partial charge is 0.223 e. The molecular weight excluding hydrogens is 246 g/mol. The van der Waals surface area contributed by atoms with Crippen molar-refractivity contribution >= 4 is 17.5 Å². The largest absolute Gasteiger partial charge is 0.354 e. The van der Waals surface area contributed by atoms with E-state index < -0.39 is 0 Å². The Kier molecular flexibility index (Phi) is 3.29. The predicted octanol–water partition coefficient (Wildman–Crippen LogP) is 2.92. The van der Waals surface area contributed by atoms with E-state index in [0.717, 1.165) is 6.42 Å². The number of nitrogens with one attached hydrogen (secondary N) is 1. The third kappa shape index (κ3) is 2.69. The van der Waals surface area contributed by atoms with Crippen LogP contribution in [0.25, 0.3) is 0 Å². The lowest BCUT2D eigenvalue weighted by Gasteiger charge is -2.09. The summed E-state index contributed by atoms with van der Waals surface area (Å²) < 4.78 is 0. The molecule has 0 aliphatic heterocycles. The molecule has 2 aliphatic rings. The van der Waals surface area contributed by atoms with Gasteiger partial charge in [-0.05, 0) is 36.7 Å². The van der Waals surface area contributed by atoms with Gasteiger partial charge in [0.05, 0.1) is 5.38 Å². The number of benzene rings is 1. The second kappa shape index (κ2) is 4.93. The van der Waals surface area contributed by atoms with Crippen LogP contribution in [0.1, 0.15) is 30.7 Å². The van der Waals surface area contributed by atoms with E-state index >= 15 is 0 Å². The van der Waals surface area contributed by atoms with E-state index in [1.807, 2.05) is 18.2 Å². The maximum absolute atomic E-state index is 12.0. The Labute approximate surface area is 113 Å². The lowest BCUT2D eigenvalue weighted by atomic mass is 10.1. The molecule has 0 heterocycles. The molecule has 1 aromatic rings. The van der Waals surface area contributed by atoms with Crippen LogP contribution >= 0.6 is 11.6 Å². The average Bonchev–Trinajstić information content (AvgIpc) is 3.29. The Hall–Kier alpha value is -1.02. The van der Waals surface area contributed by atoms with Gasteiger partial charge in [-0.2, -0.15) is 0 Å². The van der Waals surface area contributed by atoms with Crippen molar-refractivity contribution in [2.75, 3.05) is 6.54 Å². The van der Waals surface area contributed by atoms with Gasteiger partial charge in [-0.25, -0.2) is 0 Å². The van der Waals surface area contributed by atoms with E-state index in [0.29, 0.717) is 18.4 Å². The van der Waals surface area contributed by atoms with Crippen molar-refractivity contribution < 1.29 is 4.79 Å². The summed E-state index contributed by atoms with van der Waals surface area (Å²) in [6.07, 6.45) is 3.42. The minimum Gasteiger partial charge on any atom is -0.354 e. The van der Waals surface area contributed by atoms with Gasteiger partial charge in [0.1, 0.15) is 0 Å². The first-order chi connectivity index (χ1) is 8.75. The summed E-state index contributed by atoms with van der Waals surface area (Å²) in [4.78, 5) is 12.0. The summed E-state index contributed by atoms with van der Waals surface area (Å²) in [5, 5.41) is 3.12. The highest BCUT2D eigenvalue weighted by Crippen LogP contribution is 2.47. The number of hydrogen-bond acceptors (Lipinski definition) is 1. The van der Waals surface area contributed by atoms with Crippen LogP contribution in [0.3, 0.4) is 0 Å². The van der Waals surface area contributed by atoms with Crippen LogP contribution in [0.2, 0.25) is 0 Å². The van der Waals surface area contributed by atoms with Crippen LogP contribution in [0.5, 0.6) is 0 Å². The van der Waals surface area contributed by atoms with Gasteiger partial charge in [0, 0.05) is 12.5 Å². The van der Waals surface area contributed by atoms with Crippen molar-refractivity contribution in [2.24, 2.45) is 11.8 Å². The standard InChI is InChI=1S/C15H18ClNO/c16-14(11-6-7-11)9-17-15(18)13-8-12(13)10-4-2-1-3-5-10/h1-5,11-14H,6-9H2,(H,17,18). The highest BCUT2D eigenvalue weighted by molar-refractivity contribution is 6.21. The van der Waals surface area contributed by atoms with Gasteiger partial charge in [0.2, 0.25) is 5.91 Å². The Morgan fingerprint density at radius 2 is 2.06 bits per heavy atom. The predicted molar refractivity (Wildman–Crippen MR) is 72.7 cm³/mol. The maximum atomic E-state index is 12.0. The fourth-order valence-electron chi connectivity index (χ4n) is 2.51. The normalized spacial score (nSPS) is 27.6. The number of halogens is 1. The van der Waals surface area contributed by atoms with Gasteiger partial charge in [0.25, 0.3) is 0 Å². The van der Waals surface area contributed by atoms with Crippen LogP contribution < -0.4 is 5.32 Å². The van der Waals surface area contributed by atoms with Crippen LogP contribution in [0, 0.1) is 11.8 Å². The zero-order chi connectivity index (χ0) is 12.5. The Morgan fingerprint density at radius 1 is 1.33 bits per heavy atom. The number of rotatable bonds is 5. The third-order valence-electron chi connectivity index (χ3n) is 3.96. The van der Waals surface area contributed by atoms with E-state index in [2.05, 4.69) is 17.4 Å². The molecule has 1 N–H and O–H groups in total. The fourth-order valence-corrected chi connectivity index (χ4v) is 2.84.